The van der Waals surface area contributed by atoms with Crippen molar-refractivity contribution in [3.05, 3.63) is 77.3 Å². The number of rotatable bonds is 9. The van der Waals surface area contributed by atoms with Gasteiger partial charge in [-0.15, -0.1) is 0 Å². The first-order valence-corrected chi connectivity index (χ1v) is 10.8. The molecule has 166 valence electrons. The zero-order chi connectivity index (χ0) is 23.3. The van der Waals surface area contributed by atoms with E-state index in [1.165, 1.54) is 0 Å². The summed E-state index contributed by atoms with van der Waals surface area (Å²) >= 11 is 11.5. The van der Waals surface area contributed by atoms with Gasteiger partial charge in [-0.3, -0.25) is 4.79 Å². The number of nitrogens with zero attached hydrogens (tertiary/aromatic N) is 1. The molecule has 2 aromatic rings. The van der Waals surface area contributed by atoms with Crippen molar-refractivity contribution >= 4 is 29.2 Å². The molecular formula is C25H23Cl2NO4. The van der Waals surface area contributed by atoms with Gasteiger partial charge >= 0.3 is 5.97 Å². The van der Waals surface area contributed by atoms with E-state index in [2.05, 4.69) is 6.58 Å². The number of carbonyl (C=O) groups is 1. The van der Waals surface area contributed by atoms with Crippen LogP contribution in [0.3, 0.4) is 0 Å². The third-order valence-corrected chi connectivity index (χ3v) is 5.66. The molecule has 2 aromatic carbocycles. The minimum absolute atomic E-state index is 0.111. The van der Waals surface area contributed by atoms with E-state index in [9.17, 15) is 10.1 Å². The first kappa shape index (κ1) is 23.7. The molecule has 3 atom stereocenters. The van der Waals surface area contributed by atoms with Crippen LogP contribution in [0.4, 0.5) is 0 Å². The smallest absolute Gasteiger partial charge is 0.311 e. The largest absolute Gasteiger partial charge is 0.490 e. The maximum absolute atomic E-state index is 12.7. The molecule has 0 amide bonds. The quantitative estimate of drug-likeness (QED) is 0.299. The van der Waals surface area contributed by atoms with E-state index in [0.29, 0.717) is 29.4 Å². The highest BCUT2D eigenvalue weighted by Gasteiger charge is 2.62. The summed E-state index contributed by atoms with van der Waals surface area (Å²) < 4.78 is 17.0. The molecule has 0 bridgehead atoms. The Balaban J connectivity index is 1.68. The number of hydrogen-bond donors (Lipinski definition) is 0. The molecule has 0 aliphatic heterocycles. The van der Waals surface area contributed by atoms with Crippen molar-refractivity contribution in [2.24, 2.45) is 17.3 Å². The Labute approximate surface area is 197 Å². The molecule has 1 unspecified atom stereocenters. The Morgan fingerprint density at radius 1 is 1.19 bits per heavy atom. The maximum atomic E-state index is 12.7. The van der Waals surface area contributed by atoms with E-state index >= 15 is 0 Å². The number of hydrogen-bond acceptors (Lipinski definition) is 5. The first-order valence-electron chi connectivity index (χ1n) is 10.0. The Bertz CT molecular complexity index is 1050. The van der Waals surface area contributed by atoms with Crippen LogP contribution >= 0.6 is 23.2 Å². The van der Waals surface area contributed by atoms with Crippen molar-refractivity contribution in [3.63, 3.8) is 0 Å². The standard InChI is InChI=1S/C25H23Cl2NO4/c1-4-12-30-17-8-10-18(11-9-17)31-19-7-5-6-16(13-19)21(15-28)32-24(29)23-20(14-22(26)27)25(23,2)3/h4-11,13-14,20-21,23H,1,12H2,2-3H3/t20-,21?,23+/m1/s1. The van der Waals surface area contributed by atoms with Crippen LogP contribution < -0.4 is 9.47 Å². The SMILES string of the molecule is C=CCOc1ccc(Oc2cccc(C(C#N)OC(=O)[C@@H]3[C@@H](C=C(Cl)Cl)C3(C)C)c2)cc1. The van der Waals surface area contributed by atoms with Crippen LogP contribution in [0.25, 0.3) is 0 Å². The van der Waals surface area contributed by atoms with E-state index in [1.54, 1.807) is 60.7 Å². The number of halogens is 2. The zero-order valence-electron chi connectivity index (χ0n) is 17.8. The number of ether oxygens (including phenoxy) is 3. The summed E-state index contributed by atoms with van der Waals surface area (Å²) in [7, 11) is 0. The normalized spacial score (nSPS) is 19.1. The summed E-state index contributed by atoms with van der Waals surface area (Å²) in [5, 5.41) is 9.61. The lowest BCUT2D eigenvalue weighted by atomic mass is 10.1. The van der Waals surface area contributed by atoms with Gasteiger partial charge in [-0.2, -0.15) is 5.26 Å². The molecule has 0 spiro atoms. The molecule has 0 aromatic heterocycles. The lowest BCUT2D eigenvalue weighted by molar-refractivity contribution is -0.149. The molecule has 0 radical (unpaired) electrons. The minimum atomic E-state index is -1.06. The van der Waals surface area contributed by atoms with Gasteiger partial charge in [0, 0.05) is 5.56 Å². The molecule has 0 N–H and O–H groups in total. The number of nitriles is 1. The van der Waals surface area contributed by atoms with E-state index in [1.807, 2.05) is 19.9 Å². The lowest BCUT2D eigenvalue weighted by Gasteiger charge is -2.14. The number of allylic oxidation sites excluding steroid dienone is 1. The van der Waals surface area contributed by atoms with Gasteiger partial charge in [0.2, 0.25) is 6.10 Å². The second kappa shape index (κ2) is 10.1. The Morgan fingerprint density at radius 2 is 1.88 bits per heavy atom. The molecule has 5 nitrogen and oxygen atoms in total. The zero-order valence-corrected chi connectivity index (χ0v) is 19.3. The van der Waals surface area contributed by atoms with Gasteiger partial charge in [0.25, 0.3) is 0 Å². The summed E-state index contributed by atoms with van der Waals surface area (Å²) in [6, 6.07) is 16.1. The summed E-state index contributed by atoms with van der Waals surface area (Å²) in [6.45, 7) is 7.90. The number of carbonyl (C=O) groups excluding carboxylic acids is 1. The average molecular weight is 472 g/mol. The van der Waals surface area contributed by atoms with E-state index < -0.39 is 18.0 Å². The van der Waals surface area contributed by atoms with Gasteiger partial charge in [-0.05, 0) is 53.8 Å². The summed E-state index contributed by atoms with van der Waals surface area (Å²) in [6.07, 6.45) is 2.24. The van der Waals surface area contributed by atoms with E-state index in [0.717, 1.165) is 0 Å². The first-order chi connectivity index (χ1) is 15.3. The van der Waals surface area contributed by atoms with Gasteiger partial charge in [0.05, 0.1) is 5.92 Å². The van der Waals surface area contributed by atoms with Crippen LogP contribution in [0.5, 0.6) is 17.2 Å². The molecule has 1 saturated carbocycles. The van der Waals surface area contributed by atoms with Crippen molar-refractivity contribution in [3.8, 4) is 23.3 Å². The second-order valence-electron chi connectivity index (χ2n) is 7.97. The topological polar surface area (TPSA) is 68.6 Å². The molecule has 7 heteroatoms. The second-order valence-corrected chi connectivity index (χ2v) is 8.98. The predicted molar refractivity (Wildman–Crippen MR) is 124 cm³/mol. The monoisotopic (exact) mass is 471 g/mol. The molecule has 1 aliphatic carbocycles. The third kappa shape index (κ3) is 5.64. The molecule has 0 saturated heterocycles. The number of benzene rings is 2. The van der Waals surface area contributed by atoms with Gasteiger partial charge in [0.15, 0.2) is 0 Å². The van der Waals surface area contributed by atoms with E-state index in [4.69, 9.17) is 37.4 Å². The molecular weight excluding hydrogens is 449 g/mol. The van der Waals surface area contributed by atoms with Crippen molar-refractivity contribution in [2.75, 3.05) is 6.61 Å². The lowest BCUT2D eigenvalue weighted by Crippen LogP contribution is -2.14. The average Bonchev–Trinajstić information content (AvgIpc) is 3.30. The van der Waals surface area contributed by atoms with Gasteiger partial charge in [0.1, 0.15) is 34.4 Å². The van der Waals surface area contributed by atoms with Gasteiger partial charge in [-0.25, -0.2) is 0 Å². The highest BCUT2D eigenvalue weighted by atomic mass is 35.5. The summed E-state index contributed by atoms with van der Waals surface area (Å²) in [4.78, 5) is 12.7. The minimum Gasteiger partial charge on any atom is -0.490 e. The summed E-state index contributed by atoms with van der Waals surface area (Å²) in [5.74, 6) is 0.818. The van der Waals surface area contributed by atoms with Crippen molar-refractivity contribution in [2.45, 2.75) is 20.0 Å². The third-order valence-electron chi connectivity index (χ3n) is 5.41. The fourth-order valence-corrected chi connectivity index (χ4v) is 3.84. The molecule has 3 rings (SSSR count). The van der Waals surface area contributed by atoms with Crippen LogP contribution in [0.15, 0.2) is 71.8 Å². The number of esters is 1. The van der Waals surface area contributed by atoms with E-state index in [-0.39, 0.29) is 15.8 Å². The summed E-state index contributed by atoms with van der Waals surface area (Å²) in [5.41, 5.74) is 0.184. The molecule has 1 fully saturated rings. The fourth-order valence-electron chi connectivity index (χ4n) is 3.57. The van der Waals surface area contributed by atoms with Gasteiger partial charge < -0.3 is 14.2 Å². The highest BCUT2D eigenvalue weighted by Crippen LogP contribution is 2.60. The predicted octanol–water partition coefficient (Wildman–Crippen LogP) is 6.74. The molecule has 1 aliphatic rings. The van der Waals surface area contributed by atoms with Crippen LogP contribution in [0, 0.1) is 28.6 Å². The molecule has 32 heavy (non-hydrogen) atoms. The highest BCUT2D eigenvalue weighted by molar-refractivity contribution is 6.55. The van der Waals surface area contributed by atoms with Crippen LogP contribution in [0.2, 0.25) is 0 Å². The van der Waals surface area contributed by atoms with Gasteiger partial charge in [-0.1, -0.05) is 61.8 Å². The van der Waals surface area contributed by atoms with Crippen molar-refractivity contribution in [1.29, 1.82) is 5.26 Å². The Kier molecular flexibility index (Phi) is 7.50. The van der Waals surface area contributed by atoms with Crippen LogP contribution in [-0.4, -0.2) is 12.6 Å². The Hall–Kier alpha value is -2.94. The maximum Gasteiger partial charge on any atom is 0.311 e. The van der Waals surface area contributed by atoms with Crippen molar-refractivity contribution in [1.82, 2.24) is 0 Å². The van der Waals surface area contributed by atoms with Crippen LogP contribution in [-0.2, 0) is 9.53 Å². The Morgan fingerprint density at radius 3 is 2.50 bits per heavy atom. The molecule has 0 heterocycles. The fraction of sp³-hybridized carbons (Fsp3) is 0.280. The van der Waals surface area contributed by atoms with Crippen molar-refractivity contribution < 1.29 is 19.0 Å². The van der Waals surface area contributed by atoms with Crippen LogP contribution in [0.1, 0.15) is 25.5 Å².